The van der Waals surface area contributed by atoms with E-state index in [0.29, 0.717) is 22.1 Å². The molecule has 0 aliphatic rings. The van der Waals surface area contributed by atoms with Crippen molar-refractivity contribution in [2.75, 3.05) is 0 Å². The van der Waals surface area contributed by atoms with Crippen LogP contribution in [0, 0.1) is 18.3 Å². The Bertz CT molecular complexity index is 872. The molecule has 0 unspecified atom stereocenters. The van der Waals surface area contributed by atoms with Crippen molar-refractivity contribution in [3.8, 4) is 6.07 Å². The zero-order chi connectivity index (χ0) is 12.7. The monoisotopic (exact) mass is 236 g/mol. The van der Waals surface area contributed by atoms with E-state index in [0.717, 1.165) is 5.56 Å². The largest absolute Gasteiger partial charge is 0.454 e. The minimum Gasteiger partial charge on any atom is -0.454 e. The Balaban J connectivity index is 2.53. The van der Waals surface area contributed by atoms with Crippen LogP contribution in [-0.4, -0.2) is 4.98 Å². The van der Waals surface area contributed by atoms with Crippen molar-refractivity contribution >= 4 is 22.1 Å². The molecule has 0 radical (unpaired) electrons. The number of aromatic nitrogens is 1. The Hall–Kier alpha value is -2.67. The van der Waals surface area contributed by atoms with E-state index in [1.165, 1.54) is 12.3 Å². The molecule has 0 bridgehead atoms. The summed E-state index contributed by atoms with van der Waals surface area (Å²) in [7, 11) is 0. The predicted octanol–water partition coefficient (Wildman–Crippen LogP) is 2.52. The zero-order valence-electron chi connectivity index (χ0n) is 9.60. The van der Waals surface area contributed by atoms with Gasteiger partial charge in [-0.3, -0.25) is 4.79 Å². The number of nitrogens with zero attached hydrogens (tertiary/aromatic N) is 2. The average molecular weight is 236 g/mol. The van der Waals surface area contributed by atoms with Gasteiger partial charge in [0.1, 0.15) is 11.7 Å². The van der Waals surface area contributed by atoms with Crippen LogP contribution in [-0.2, 0) is 0 Å². The molecule has 86 valence electrons. The normalized spacial score (nSPS) is 10.7. The third-order valence-electron chi connectivity index (χ3n) is 2.80. The lowest BCUT2D eigenvalue weighted by atomic mass is 10.1. The van der Waals surface area contributed by atoms with Gasteiger partial charge in [0.05, 0.1) is 10.9 Å². The molecule has 0 saturated heterocycles. The molecule has 0 spiro atoms. The van der Waals surface area contributed by atoms with Crippen LogP contribution in [0.15, 0.2) is 39.7 Å². The summed E-state index contributed by atoms with van der Waals surface area (Å²) >= 11 is 0. The SMILES string of the molecule is Cc1ccc2oc3cc(C#N)cnc3c(=O)c2c1. The van der Waals surface area contributed by atoms with Gasteiger partial charge < -0.3 is 4.42 Å². The minimum absolute atomic E-state index is 0.167. The number of pyridine rings is 1. The maximum absolute atomic E-state index is 12.2. The maximum Gasteiger partial charge on any atom is 0.218 e. The number of hydrogen-bond donors (Lipinski definition) is 0. The summed E-state index contributed by atoms with van der Waals surface area (Å²) in [5, 5.41) is 9.32. The van der Waals surface area contributed by atoms with Gasteiger partial charge in [-0.25, -0.2) is 4.98 Å². The van der Waals surface area contributed by atoms with Crippen molar-refractivity contribution in [2.45, 2.75) is 6.92 Å². The second kappa shape index (κ2) is 3.67. The fourth-order valence-corrected chi connectivity index (χ4v) is 1.91. The molecule has 3 aromatic rings. The van der Waals surface area contributed by atoms with E-state index in [2.05, 4.69) is 4.98 Å². The van der Waals surface area contributed by atoms with E-state index in [1.54, 1.807) is 12.1 Å². The van der Waals surface area contributed by atoms with Crippen LogP contribution >= 0.6 is 0 Å². The van der Waals surface area contributed by atoms with Crippen molar-refractivity contribution in [3.63, 3.8) is 0 Å². The van der Waals surface area contributed by atoms with Gasteiger partial charge in [-0.2, -0.15) is 5.26 Å². The molecule has 3 rings (SSSR count). The zero-order valence-corrected chi connectivity index (χ0v) is 9.60. The highest BCUT2D eigenvalue weighted by atomic mass is 16.3. The van der Waals surface area contributed by atoms with Gasteiger partial charge in [0.15, 0.2) is 11.1 Å². The van der Waals surface area contributed by atoms with E-state index in [4.69, 9.17) is 9.68 Å². The van der Waals surface area contributed by atoms with E-state index in [-0.39, 0.29) is 10.9 Å². The van der Waals surface area contributed by atoms with Gasteiger partial charge in [-0.05, 0) is 19.1 Å². The van der Waals surface area contributed by atoms with Crippen LogP contribution in [0.5, 0.6) is 0 Å². The first-order chi connectivity index (χ1) is 8.69. The molecule has 0 atom stereocenters. The van der Waals surface area contributed by atoms with Gasteiger partial charge >= 0.3 is 0 Å². The van der Waals surface area contributed by atoms with E-state index in [9.17, 15) is 4.79 Å². The van der Waals surface area contributed by atoms with Crippen LogP contribution in [0.2, 0.25) is 0 Å². The van der Waals surface area contributed by atoms with E-state index >= 15 is 0 Å². The number of benzene rings is 1. The minimum atomic E-state index is -0.167. The lowest BCUT2D eigenvalue weighted by Crippen LogP contribution is -2.04. The van der Waals surface area contributed by atoms with E-state index < -0.39 is 0 Å². The topological polar surface area (TPSA) is 66.9 Å². The molecule has 0 N–H and O–H groups in total. The number of aryl methyl sites for hydroxylation is 1. The fraction of sp³-hybridized carbons (Fsp3) is 0.0714. The summed E-state index contributed by atoms with van der Waals surface area (Å²) in [6.07, 6.45) is 1.38. The number of rotatable bonds is 0. The van der Waals surface area contributed by atoms with Crippen LogP contribution in [0.25, 0.3) is 22.1 Å². The first-order valence-corrected chi connectivity index (χ1v) is 5.42. The number of hydrogen-bond acceptors (Lipinski definition) is 4. The summed E-state index contributed by atoms with van der Waals surface area (Å²) in [6, 6.07) is 8.91. The highest BCUT2D eigenvalue weighted by Gasteiger charge is 2.09. The van der Waals surface area contributed by atoms with Crippen LogP contribution in [0.1, 0.15) is 11.1 Å². The Morgan fingerprint density at radius 2 is 2.11 bits per heavy atom. The van der Waals surface area contributed by atoms with Crippen molar-refractivity contribution in [3.05, 3.63) is 51.8 Å². The van der Waals surface area contributed by atoms with Gasteiger partial charge in [0.2, 0.25) is 5.43 Å². The molecule has 2 heterocycles. The Morgan fingerprint density at radius 3 is 2.89 bits per heavy atom. The molecule has 0 aliphatic heterocycles. The molecule has 4 heteroatoms. The second-order valence-corrected chi connectivity index (χ2v) is 4.11. The van der Waals surface area contributed by atoms with Gasteiger partial charge in [0.25, 0.3) is 0 Å². The molecule has 4 nitrogen and oxygen atoms in total. The molecule has 0 aliphatic carbocycles. The first-order valence-electron chi connectivity index (χ1n) is 5.42. The van der Waals surface area contributed by atoms with Crippen molar-refractivity contribution < 1.29 is 4.42 Å². The first kappa shape index (κ1) is 10.5. The Morgan fingerprint density at radius 1 is 1.28 bits per heavy atom. The molecule has 0 saturated carbocycles. The summed E-state index contributed by atoms with van der Waals surface area (Å²) in [5.41, 5.74) is 2.30. The lowest BCUT2D eigenvalue weighted by molar-refractivity contribution is 0.658. The number of fused-ring (bicyclic) bond motifs is 2. The third kappa shape index (κ3) is 1.45. The smallest absolute Gasteiger partial charge is 0.218 e. The third-order valence-corrected chi connectivity index (χ3v) is 2.80. The lowest BCUT2D eigenvalue weighted by Gasteiger charge is -2.01. The summed E-state index contributed by atoms with van der Waals surface area (Å²) in [5.74, 6) is 0. The molecule has 18 heavy (non-hydrogen) atoms. The molecule has 1 aromatic carbocycles. The molecule has 0 fully saturated rings. The van der Waals surface area contributed by atoms with Crippen LogP contribution < -0.4 is 5.43 Å². The summed E-state index contributed by atoms with van der Waals surface area (Å²) < 4.78 is 5.61. The highest BCUT2D eigenvalue weighted by Crippen LogP contribution is 2.18. The Labute approximate surface area is 102 Å². The van der Waals surface area contributed by atoms with Crippen LogP contribution in [0.4, 0.5) is 0 Å². The highest BCUT2D eigenvalue weighted by molar-refractivity contribution is 5.88. The molecular weight excluding hydrogens is 228 g/mol. The van der Waals surface area contributed by atoms with Gasteiger partial charge in [0, 0.05) is 12.3 Å². The molecule has 0 amide bonds. The molecule has 2 aromatic heterocycles. The quantitative estimate of drug-likeness (QED) is 0.562. The summed E-state index contributed by atoms with van der Waals surface area (Å²) in [6.45, 7) is 1.91. The van der Waals surface area contributed by atoms with Gasteiger partial charge in [-0.15, -0.1) is 0 Å². The average Bonchev–Trinajstić information content (AvgIpc) is 2.39. The Kier molecular flexibility index (Phi) is 2.14. The van der Waals surface area contributed by atoms with Crippen molar-refractivity contribution in [2.24, 2.45) is 0 Å². The van der Waals surface area contributed by atoms with Crippen molar-refractivity contribution in [1.82, 2.24) is 4.98 Å². The van der Waals surface area contributed by atoms with E-state index in [1.807, 2.05) is 19.1 Å². The number of nitriles is 1. The fourth-order valence-electron chi connectivity index (χ4n) is 1.91. The standard InChI is InChI=1S/C14H8N2O2/c1-8-2-3-11-10(4-8)14(17)13-12(18-11)5-9(6-15)7-16-13/h2-5,7H,1H3. The summed E-state index contributed by atoms with van der Waals surface area (Å²) in [4.78, 5) is 16.2. The van der Waals surface area contributed by atoms with Crippen molar-refractivity contribution in [1.29, 1.82) is 5.26 Å². The second-order valence-electron chi connectivity index (χ2n) is 4.11. The van der Waals surface area contributed by atoms with Gasteiger partial charge in [-0.1, -0.05) is 11.6 Å². The predicted molar refractivity (Wildman–Crippen MR) is 67.2 cm³/mol. The van der Waals surface area contributed by atoms with Crippen LogP contribution in [0.3, 0.4) is 0 Å². The maximum atomic E-state index is 12.2. The molecular formula is C14H8N2O2.